The molecule has 0 unspecified atom stereocenters. The van der Waals surface area contributed by atoms with Gasteiger partial charge in [-0.05, 0) is 18.1 Å². The monoisotopic (exact) mass is 296 g/mol. The summed E-state index contributed by atoms with van der Waals surface area (Å²) < 4.78 is 1.49. The van der Waals surface area contributed by atoms with E-state index in [0.717, 1.165) is 0 Å². The Bertz CT molecular complexity index is 654. The number of hydrogen-bond acceptors (Lipinski definition) is 5. The Morgan fingerprint density at radius 2 is 2.20 bits per heavy atom. The highest BCUT2D eigenvalue weighted by molar-refractivity contribution is 6.32. The van der Waals surface area contributed by atoms with Crippen molar-refractivity contribution in [3.63, 3.8) is 0 Å². The van der Waals surface area contributed by atoms with Gasteiger partial charge in [0.15, 0.2) is 0 Å². The van der Waals surface area contributed by atoms with Gasteiger partial charge < -0.3 is 5.11 Å². The van der Waals surface area contributed by atoms with Gasteiger partial charge in [-0.25, -0.2) is 4.68 Å². The molecule has 0 atom stereocenters. The predicted octanol–water partition coefficient (Wildman–Crippen LogP) is 2.44. The van der Waals surface area contributed by atoms with Crippen LogP contribution in [-0.2, 0) is 6.61 Å². The molecule has 1 aromatic heterocycles. The first-order valence-electron chi connectivity index (χ1n) is 5.95. The Labute approximate surface area is 119 Å². The largest absolute Gasteiger partial charge is 0.390 e. The summed E-state index contributed by atoms with van der Waals surface area (Å²) in [7, 11) is 0. The van der Waals surface area contributed by atoms with Crippen molar-refractivity contribution in [2.75, 3.05) is 0 Å². The summed E-state index contributed by atoms with van der Waals surface area (Å²) >= 11 is 5.79. The van der Waals surface area contributed by atoms with Gasteiger partial charge in [-0.3, -0.25) is 10.1 Å². The second-order valence-corrected chi connectivity index (χ2v) is 4.95. The number of halogens is 1. The Balaban J connectivity index is 2.60. The molecule has 0 amide bonds. The standard InChI is InChI=1S/C12H13ClN4O3/c1-7(2)12-10(6-18)14-15-16(12)8-3-4-9(13)11(5-8)17(19)20/h3-5,7,18H,6H2,1-2H3. The maximum atomic E-state index is 10.9. The molecule has 2 aromatic rings. The van der Waals surface area contributed by atoms with Crippen LogP contribution in [0.2, 0.25) is 5.02 Å². The Morgan fingerprint density at radius 1 is 1.50 bits per heavy atom. The van der Waals surface area contributed by atoms with Crippen LogP contribution in [0.1, 0.15) is 31.2 Å². The van der Waals surface area contributed by atoms with Crippen LogP contribution in [0, 0.1) is 10.1 Å². The zero-order valence-corrected chi connectivity index (χ0v) is 11.7. The van der Waals surface area contributed by atoms with Crippen molar-refractivity contribution >= 4 is 17.3 Å². The molecule has 0 fully saturated rings. The van der Waals surface area contributed by atoms with E-state index in [0.29, 0.717) is 17.1 Å². The third-order valence-corrected chi connectivity index (χ3v) is 3.17. The van der Waals surface area contributed by atoms with Gasteiger partial charge in [0.05, 0.1) is 22.9 Å². The van der Waals surface area contributed by atoms with Crippen molar-refractivity contribution in [1.82, 2.24) is 15.0 Å². The lowest BCUT2D eigenvalue weighted by atomic mass is 10.1. The maximum Gasteiger partial charge on any atom is 0.290 e. The highest BCUT2D eigenvalue weighted by atomic mass is 35.5. The normalized spacial score (nSPS) is 11.1. The molecule has 0 aliphatic heterocycles. The minimum absolute atomic E-state index is 0.0573. The maximum absolute atomic E-state index is 10.9. The fraction of sp³-hybridized carbons (Fsp3) is 0.333. The number of nitro benzene ring substituents is 1. The lowest BCUT2D eigenvalue weighted by molar-refractivity contribution is -0.384. The number of aromatic nitrogens is 3. The van der Waals surface area contributed by atoms with E-state index < -0.39 is 4.92 Å². The second-order valence-electron chi connectivity index (χ2n) is 4.54. The predicted molar refractivity (Wildman–Crippen MR) is 73.0 cm³/mol. The van der Waals surface area contributed by atoms with Crippen molar-refractivity contribution in [2.45, 2.75) is 26.4 Å². The van der Waals surface area contributed by atoms with Gasteiger partial charge in [0.1, 0.15) is 10.7 Å². The van der Waals surface area contributed by atoms with Gasteiger partial charge in [0.2, 0.25) is 0 Å². The van der Waals surface area contributed by atoms with E-state index in [-0.39, 0.29) is 23.2 Å². The minimum Gasteiger partial charge on any atom is -0.390 e. The summed E-state index contributed by atoms with van der Waals surface area (Å²) in [6.45, 7) is 3.63. The van der Waals surface area contributed by atoms with Crippen molar-refractivity contribution in [2.24, 2.45) is 0 Å². The van der Waals surface area contributed by atoms with Gasteiger partial charge in [0, 0.05) is 6.07 Å². The number of aliphatic hydroxyl groups is 1. The van der Waals surface area contributed by atoms with E-state index in [2.05, 4.69) is 10.3 Å². The second kappa shape index (κ2) is 5.56. The van der Waals surface area contributed by atoms with Crippen molar-refractivity contribution in [3.8, 4) is 5.69 Å². The van der Waals surface area contributed by atoms with Crippen LogP contribution in [-0.4, -0.2) is 25.0 Å². The SMILES string of the molecule is CC(C)c1c(CO)nnn1-c1ccc(Cl)c([N+](=O)[O-])c1. The molecule has 8 heteroatoms. The molecule has 20 heavy (non-hydrogen) atoms. The van der Waals surface area contributed by atoms with E-state index in [1.807, 2.05) is 13.8 Å². The summed E-state index contributed by atoms with van der Waals surface area (Å²) in [5.74, 6) is 0.0573. The zero-order valence-electron chi connectivity index (χ0n) is 10.9. The molecule has 0 saturated carbocycles. The number of benzene rings is 1. The average molecular weight is 297 g/mol. The van der Waals surface area contributed by atoms with Crippen LogP contribution in [0.3, 0.4) is 0 Å². The third-order valence-electron chi connectivity index (χ3n) is 2.85. The first-order valence-corrected chi connectivity index (χ1v) is 6.33. The molecule has 0 aliphatic carbocycles. The van der Waals surface area contributed by atoms with Gasteiger partial charge in [-0.2, -0.15) is 0 Å². The number of rotatable bonds is 4. The topological polar surface area (TPSA) is 94.1 Å². The van der Waals surface area contributed by atoms with E-state index in [1.165, 1.54) is 16.8 Å². The van der Waals surface area contributed by atoms with Crippen LogP contribution in [0.15, 0.2) is 18.2 Å². The number of hydrogen-bond donors (Lipinski definition) is 1. The molecule has 1 heterocycles. The Hall–Kier alpha value is -1.99. The third kappa shape index (κ3) is 2.50. The minimum atomic E-state index is -0.551. The van der Waals surface area contributed by atoms with Crippen molar-refractivity contribution < 1.29 is 10.0 Å². The number of nitrogens with zero attached hydrogens (tertiary/aromatic N) is 4. The molecule has 1 N–H and O–H groups in total. The summed E-state index contributed by atoms with van der Waals surface area (Å²) in [5.41, 5.74) is 1.46. The molecule has 0 bridgehead atoms. The summed E-state index contributed by atoms with van der Waals surface area (Å²) in [4.78, 5) is 10.4. The van der Waals surface area contributed by atoms with Gasteiger partial charge >= 0.3 is 0 Å². The Morgan fingerprint density at radius 3 is 2.75 bits per heavy atom. The molecule has 0 aliphatic rings. The number of nitro groups is 1. The van der Waals surface area contributed by atoms with Crippen LogP contribution in [0.4, 0.5) is 5.69 Å². The van der Waals surface area contributed by atoms with E-state index in [4.69, 9.17) is 11.6 Å². The van der Waals surface area contributed by atoms with E-state index in [1.54, 1.807) is 6.07 Å². The molecule has 106 valence electrons. The van der Waals surface area contributed by atoms with Crippen molar-refractivity contribution in [3.05, 3.63) is 44.7 Å². The smallest absolute Gasteiger partial charge is 0.290 e. The van der Waals surface area contributed by atoms with E-state index >= 15 is 0 Å². The summed E-state index contributed by atoms with van der Waals surface area (Å²) in [5, 5.41) is 28.1. The zero-order chi connectivity index (χ0) is 14.9. The summed E-state index contributed by atoms with van der Waals surface area (Å²) in [6, 6.07) is 4.40. The lowest BCUT2D eigenvalue weighted by Gasteiger charge is -2.10. The number of aliphatic hydroxyl groups excluding tert-OH is 1. The summed E-state index contributed by atoms with van der Waals surface area (Å²) in [6.07, 6.45) is 0. The molecular weight excluding hydrogens is 284 g/mol. The highest BCUT2D eigenvalue weighted by Crippen LogP contribution is 2.28. The van der Waals surface area contributed by atoms with Crippen LogP contribution < -0.4 is 0 Å². The average Bonchev–Trinajstić information content (AvgIpc) is 2.82. The molecule has 2 rings (SSSR count). The quantitative estimate of drug-likeness (QED) is 0.691. The molecule has 1 aromatic carbocycles. The molecule has 0 spiro atoms. The van der Waals surface area contributed by atoms with Crippen molar-refractivity contribution in [1.29, 1.82) is 0 Å². The first-order chi connectivity index (χ1) is 9.45. The van der Waals surface area contributed by atoms with Gasteiger partial charge in [-0.15, -0.1) is 5.10 Å². The molecule has 7 nitrogen and oxygen atoms in total. The van der Waals surface area contributed by atoms with Crippen LogP contribution in [0.5, 0.6) is 0 Å². The first kappa shape index (κ1) is 14.4. The lowest BCUT2D eigenvalue weighted by Crippen LogP contribution is -2.06. The Kier molecular flexibility index (Phi) is 4.01. The van der Waals surface area contributed by atoms with E-state index in [9.17, 15) is 15.2 Å². The molecule has 0 saturated heterocycles. The van der Waals surface area contributed by atoms with Gasteiger partial charge in [-0.1, -0.05) is 30.7 Å². The fourth-order valence-corrected chi connectivity index (χ4v) is 2.16. The molecule has 0 radical (unpaired) electrons. The fourth-order valence-electron chi connectivity index (χ4n) is 1.97. The molecular formula is C12H13ClN4O3. The van der Waals surface area contributed by atoms with Crippen LogP contribution >= 0.6 is 11.6 Å². The van der Waals surface area contributed by atoms with Crippen LogP contribution in [0.25, 0.3) is 5.69 Å². The van der Waals surface area contributed by atoms with Gasteiger partial charge in [0.25, 0.3) is 5.69 Å². The highest BCUT2D eigenvalue weighted by Gasteiger charge is 2.19.